The van der Waals surface area contributed by atoms with Gasteiger partial charge < -0.3 is 9.84 Å². The molecule has 0 heterocycles. The fourth-order valence-corrected chi connectivity index (χ4v) is 1.37. The highest BCUT2D eigenvalue weighted by Gasteiger charge is 2.20. The Bertz CT molecular complexity index is 480. The summed E-state index contributed by atoms with van der Waals surface area (Å²) in [4.78, 5) is 11.3. The normalized spacial score (nSPS) is 10.1. The first kappa shape index (κ1) is 13.1. The highest BCUT2D eigenvalue weighted by molar-refractivity contribution is 5.91. The number of benzene rings is 1. The molecule has 0 saturated heterocycles. The molecule has 0 aromatic heterocycles. The van der Waals surface area contributed by atoms with Gasteiger partial charge in [0.25, 0.3) is 6.43 Å². The van der Waals surface area contributed by atoms with Crippen LogP contribution < -0.4 is 0 Å². The lowest BCUT2D eigenvalue weighted by Crippen LogP contribution is -2.08. The molecule has 1 aromatic rings. The number of methoxy groups -OCH3 is 1. The fourth-order valence-electron chi connectivity index (χ4n) is 1.37. The zero-order chi connectivity index (χ0) is 13.0. The summed E-state index contributed by atoms with van der Waals surface area (Å²) in [5.41, 5.74) is -0.899. The number of rotatable bonds is 3. The van der Waals surface area contributed by atoms with Gasteiger partial charge in [-0.05, 0) is 17.7 Å². The third-order valence-electron chi connectivity index (χ3n) is 2.21. The standard InChI is InChI=1S/C11H9F2NO3/c1-17-11(16)9-2-6(4-14)8(10(12)13)3-7(9)5-15/h2-3,10,15H,5H2,1H3. The van der Waals surface area contributed by atoms with Gasteiger partial charge in [0.2, 0.25) is 0 Å². The van der Waals surface area contributed by atoms with E-state index in [9.17, 15) is 13.6 Å². The van der Waals surface area contributed by atoms with E-state index >= 15 is 0 Å². The van der Waals surface area contributed by atoms with Crippen LogP contribution in [-0.4, -0.2) is 18.2 Å². The molecular weight excluding hydrogens is 232 g/mol. The van der Waals surface area contributed by atoms with Crippen LogP contribution in [0.4, 0.5) is 8.78 Å². The zero-order valence-corrected chi connectivity index (χ0v) is 8.91. The minimum atomic E-state index is -2.85. The van der Waals surface area contributed by atoms with Crippen molar-refractivity contribution in [2.24, 2.45) is 0 Å². The molecular formula is C11H9F2NO3. The number of carbonyl (C=O) groups excluding carboxylic acids is 1. The van der Waals surface area contributed by atoms with E-state index in [2.05, 4.69) is 4.74 Å². The Hall–Kier alpha value is -2.00. The van der Waals surface area contributed by atoms with Gasteiger partial charge in [0.05, 0.1) is 30.9 Å². The fraction of sp³-hybridized carbons (Fsp3) is 0.273. The lowest BCUT2D eigenvalue weighted by molar-refractivity contribution is 0.0596. The van der Waals surface area contributed by atoms with E-state index < -0.39 is 24.6 Å². The average Bonchev–Trinajstić information content (AvgIpc) is 2.35. The van der Waals surface area contributed by atoms with Crippen LogP contribution in [0, 0.1) is 11.3 Å². The first-order valence-electron chi connectivity index (χ1n) is 4.59. The second-order valence-corrected chi connectivity index (χ2v) is 3.16. The highest BCUT2D eigenvalue weighted by atomic mass is 19.3. The minimum absolute atomic E-state index is 0.00569. The number of aliphatic hydroxyl groups is 1. The smallest absolute Gasteiger partial charge is 0.338 e. The monoisotopic (exact) mass is 241 g/mol. The quantitative estimate of drug-likeness (QED) is 0.819. The maximum Gasteiger partial charge on any atom is 0.338 e. The van der Waals surface area contributed by atoms with Crippen molar-refractivity contribution in [2.75, 3.05) is 7.11 Å². The van der Waals surface area contributed by atoms with Crippen molar-refractivity contribution in [3.8, 4) is 6.07 Å². The molecule has 0 radical (unpaired) electrons. The van der Waals surface area contributed by atoms with Crippen molar-refractivity contribution >= 4 is 5.97 Å². The van der Waals surface area contributed by atoms with Crippen LogP contribution in [0.1, 0.15) is 33.5 Å². The number of aliphatic hydroxyl groups excluding tert-OH is 1. The van der Waals surface area contributed by atoms with Crippen LogP contribution in [-0.2, 0) is 11.3 Å². The van der Waals surface area contributed by atoms with Crippen molar-refractivity contribution in [2.45, 2.75) is 13.0 Å². The number of halogens is 2. The van der Waals surface area contributed by atoms with Gasteiger partial charge in [0, 0.05) is 5.56 Å². The Morgan fingerprint density at radius 1 is 1.59 bits per heavy atom. The summed E-state index contributed by atoms with van der Waals surface area (Å²) in [5, 5.41) is 17.7. The Morgan fingerprint density at radius 2 is 2.24 bits per heavy atom. The van der Waals surface area contributed by atoms with Gasteiger partial charge in [-0.2, -0.15) is 5.26 Å². The van der Waals surface area contributed by atoms with Crippen molar-refractivity contribution < 1.29 is 23.4 Å². The number of esters is 1. The number of alkyl halides is 2. The highest BCUT2D eigenvalue weighted by Crippen LogP contribution is 2.26. The lowest BCUT2D eigenvalue weighted by Gasteiger charge is -2.10. The Morgan fingerprint density at radius 3 is 2.65 bits per heavy atom. The summed E-state index contributed by atoms with van der Waals surface area (Å²) in [6.07, 6.45) is -2.85. The van der Waals surface area contributed by atoms with Gasteiger partial charge >= 0.3 is 5.97 Å². The molecule has 0 aliphatic heterocycles. The molecule has 0 aliphatic carbocycles. The molecule has 1 aromatic carbocycles. The van der Waals surface area contributed by atoms with E-state index in [1.165, 1.54) is 0 Å². The van der Waals surface area contributed by atoms with Gasteiger partial charge in [-0.3, -0.25) is 0 Å². The number of hydrogen-bond acceptors (Lipinski definition) is 4. The maximum atomic E-state index is 12.6. The maximum absolute atomic E-state index is 12.6. The molecule has 0 spiro atoms. The van der Waals surface area contributed by atoms with E-state index in [0.717, 1.165) is 19.2 Å². The van der Waals surface area contributed by atoms with Crippen molar-refractivity contribution in [1.82, 2.24) is 0 Å². The Labute approximate surface area is 96.0 Å². The predicted octanol–water partition coefficient (Wildman–Crippen LogP) is 1.77. The summed E-state index contributed by atoms with van der Waals surface area (Å²) in [6, 6.07) is 3.52. The van der Waals surface area contributed by atoms with E-state index in [4.69, 9.17) is 10.4 Å². The van der Waals surface area contributed by atoms with Crippen molar-refractivity contribution in [3.63, 3.8) is 0 Å². The van der Waals surface area contributed by atoms with Gasteiger partial charge in [-0.15, -0.1) is 0 Å². The lowest BCUT2D eigenvalue weighted by atomic mass is 9.99. The van der Waals surface area contributed by atoms with Crippen molar-refractivity contribution in [1.29, 1.82) is 5.26 Å². The predicted molar refractivity (Wildman–Crippen MR) is 53.4 cm³/mol. The van der Waals surface area contributed by atoms with Gasteiger partial charge in [0.1, 0.15) is 0 Å². The number of nitrogens with zero attached hydrogens (tertiary/aromatic N) is 1. The third-order valence-corrected chi connectivity index (χ3v) is 2.21. The van der Waals surface area contributed by atoms with Crippen LogP contribution in [0.2, 0.25) is 0 Å². The molecule has 90 valence electrons. The van der Waals surface area contributed by atoms with E-state index in [-0.39, 0.29) is 16.7 Å². The van der Waals surface area contributed by atoms with Gasteiger partial charge in [-0.25, -0.2) is 13.6 Å². The second kappa shape index (κ2) is 5.37. The van der Waals surface area contributed by atoms with Crippen LogP contribution in [0.15, 0.2) is 12.1 Å². The molecule has 6 heteroatoms. The summed E-state index contributed by atoms with van der Waals surface area (Å²) >= 11 is 0. The molecule has 1 rings (SSSR count). The summed E-state index contributed by atoms with van der Waals surface area (Å²) in [7, 11) is 1.12. The van der Waals surface area contributed by atoms with E-state index in [1.807, 2.05) is 0 Å². The molecule has 0 bridgehead atoms. The van der Waals surface area contributed by atoms with Gasteiger partial charge in [0.15, 0.2) is 0 Å². The molecule has 17 heavy (non-hydrogen) atoms. The minimum Gasteiger partial charge on any atom is -0.465 e. The Kier molecular flexibility index (Phi) is 4.12. The van der Waals surface area contributed by atoms with Crippen LogP contribution >= 0.6 is 0 Å². The SMILES string of the molecule is COC(=O)c1cc(C#N)c(C(F)F)cc1CO. The molecule has 0 aliphatic rings. The molecule has 0 atom stereocenters. The van der Waals surface area contributed by atoms with Gasteiger partial charge in [-0.1, -0.05) is 0 Å². The molecule has 0 unspecified atom stereocenters. The van der Waals surface area contributed by atoms with E-state index in [0.29, 0.717) is 0 Å². The molecule has 0 fully saturated rings. The largest absolute Gasteiger partial charge is 0.465 e. The summed E-state index contributed by atoms with van der Waals surface area (Å²) < 4.78 is 29.6. The first-order chi connectivity index (χ1) is 8.04. The number of ether oxygens (including phenoxy) is 1. The topological polar surface area (TPSA) is 70.3 Å². The molecule has 0 saturated carbocycles. The van der Waals surface area contributed by atoms with Crippen LogP contribution in [0.25, 0.3) is 0 Å². The van der Waals surface area contributed by atoms with Crippen LogP contribution in [0.5, 0.6) is 0 Å². The zero-order valence-electron chi connectivity index (χ0n) is 8.91. The number of hydrogen-bond donors (Lipinski definition) is 1. The number of carbonyl (C=O) groups is 1. The Balaban J connectivity index is 3.44. The number of nitriles is 1. The third kappa shape index (κ3) is 2.57. The van der Waals surface area contributed by atoms with E-state index in [1.54, 1.807) is 6.07 Å². The van der Waals surface area contributed by atoms with Crippen LogP contribution in [0.3, 0.4) is 0 Å². The summed E-state index contributed by atoms with van der Waals surface area (Å²) in [6.45, 7) is -0.587. The first-order valence-corrected chi connectivity index (χ1v) is 4.59. The molecule has 0 amide bonds. The summed E-state index contributed by atoms with van der Waals surface area (Å²) in [5.74, 6) is -0.786. The van der Waals surface area contributed by atoms with Crippen molar-refractivity contribution in [3.05, 3.63) is 34.4 Å². The molecule has 4 nitrogen and oxygen atoms in total. The second-order valence-electron chi connectivity index (χ2n) is 3.16. The average molecular weight is 241 g/mol. The molecule has 1 N–H and O–H groups in total.